The standard InChI is InChI=1S/C14H12F2N4OS/c1-2-11-18-14-17-8(6-12(21)20(14)19-11)7-22-10-5-3-4-9(15)13(10)16/h3-6H,2,7H2,1H3,(H,17,18,19). The molecule has 22 heavy (non-hydrogen) atoms. The van der Waals surface area contributed by atoms with E-state index >= 15 is 0 Å². The predicted octanol–water partition coefficient (Wildman–Crippen LogP) is 2.55. The molecule has 0 saturated carbocycles. The first-order chi connectivity index (χ1) is 10.6. The topological polar surface area (TPSA) is 63.1 Å². The lowest BCUT2D eigenvalue weighted by atomic mass is 10.3. The number of hydrogen-bond acceptors (Lipinski definition) is 4. The number of aromatic amines is 1. The first-order valence-electron chi connectivity index (χ1n) is 6.63. The van der Waals surface area contributed by atoms with Gasteiger partial charge in [-0.3, -0.25) is 9.89 Å². The van der Waals surface area contributed by atoms with Crippen LogP contribution in [0.5, 0.6) is 0 Å². The molecule has 0 saturated heterocycles. The Kier molecular flexibility index (Phi) is 3.93. The van der Waals surface area contributed by atoms with Gasteiger partial charge >= 0.3 is 0 Å². The highest BCUT2D eigenvalue weighted by atomic mass is 32.2. The molecule has 0 fully saturated rings. The quantitative estimate of drug-likeness (QED) is 0.750. The van der Waals surface area contributed by atoms with Gasteiger partial charge in [-0.1, -0.05) is 13.0 Å². The van der Waals surface area contributed by atoms with Gasteiger partial charge in [0.1, 0.15) is 5.82 Å². The molecule has 8 heteroatoms. The molecule has 0 aliphatic rings. The third-order valence-corrected chi connectivity index (χ3v) is 4.12. The number of hydrogen-bond donors (Lipinski definition) is 1. The second-order valence-corrected chi connectivity index (χ2v) is 5.60. The highest BCUT2D eigenvalue weighted by molar-refractivity contribution is 7.98. The molecule has 0 radical (unpaired) electrons. The number of benzene rings is 1. The van der Waals surface area contributed by atoms with E-state index in [1.807, 2.05) is 6.92 Å². The minimum absolute atomic E-state index is 0.179. The zero-order chi connectivity index (χ0) is 15.7. The maximum absolute atomic E-state index is 13.6. The molecule has 3 aromatic rings. The fourth-order valence-electron chi connectivity index (χ4n) is 1.95. The van der Waals surface area contributed by atoms with Gasteiger partial charge in [-0.25, -0.2) is 13.8 Å². The van der Waals surface area contributed by atoms with Crippen LogP contribution in [0, 0.1) is 11.6 Å². The van der Waals surface area contributed by atoms with Gasteiger partial charge in [-0.15, -0.1) is 11.8 Å². The Bertz CT molecular complexity index is 890. The number of aryl methyl sites for hydroxylation is 1. The van der Waals surface area contributed by atoms with Crippen LogP contribution in [-0.2, 0) is 12.2 Å². The maximum Gasteiger partial charge on any atom is 0.274 e. The third-order valence-electron chi connectivity index (χ3n) is 3.06. The first-order valence-corrected chi connectivity index (χ1v) is 7.61. The number of H-pyrrole nitrogens is 1. The van der Waals surface area contributed by atoms with Crippen molar-refractivity contribution in [1.82, 2.24) is 19.6 Å². The lowest BCUT2D eigenvalue weighted by molar-refractivity contribution is 0.491. The Morgan fingerprint density at radius 2 is 2.14 bits per heavy atom. The molecular weight excluding hydrogens is 310 g/mol. The number of nitrogens with one attached hydrogen (secondary N) is 1. The van der Waals surface area contributed by atoms with E-state index in [4.69, 9.17) is 0 Å². The number of halogens is 2. The summed E-state index contributed by atoms with van der Waals surface area (Å²) < 4.78 is 28.0. The summed E-state index contributed by atoms with van der Waals surface area (Å²) in [6, 6.07) is 5.34. The Labute approximate surface area is 128 Å². The largest absolute Gasteiger partial charge is 0.275 e. The van der Waals surface area contributed by atoms with Crippen molar-refractivity contribution in [3.63, 3.8) is 0 Å². The summed E-state index contributed by atoms with van der Waals surface area (Å²) in [7, 11) is 0. The van der Waals surface area contributed by atoms with Crippen molar-refractivity contribution < 1.29 is 8.78 Å². The van der Waals surface area contributed by atoms with E-state index in [-0.39, 0.29) is 22.0 Å². The van der Waals surface area contributed by atoms with Gasteiger partial charge in [-0.05, 0) is 12.1 Å². The van der Waals surface area contributed by atoms with Crippen LogP contribution in [0.1, 0.15) is 18.4 Å². The zero-order valence-corrected chi connectivity index (χ0v) is 12.5. The summed E-state index contributed by atoms with van der Waals surface area (Å²) in [5.74, 6) is -0.600. The van der Waals surface area contributed by atoms with Gasteiger partial charge in [-0.2, -0.15) is 9.50 Å². The van der Waals surface area contributed by atoms with E-state index in [0.29, 0.717) is 17.9 Å². The van der Waals surface area contributed by atoms with Crippen LogP contribution in [0.4, 0.5) is 8.78 Å². The molecule has 114 valence electrons. The number of thioether (sulfide) groups is 1. The summed E-state index contributed by atoms with van der Waals surface area (Å²) in [6.45, 7) is 1.91. The van der Waals surface area contributed by atoms with E-state index in [2.05, 4.69) is 15.1 Å². The lowest BCUT2D eigenvalue weighted by Crippen LogP contribution is -2.15. The average molecular weight is 322 g/mol. The summed E-state index contributed by atoms with van der Waals surface area (Å²) in [4.78, 5) is 20.6. The molecule has 1 N–H and O–H groups in total. The summed E-state index contributed by atoms with van der Waals surface area (Å²) >= 11 is 1.08. The molecule has 5 nitrogen and oxygen atoms in total. The minimum atomic E-state index is -0.895. The van der Waals surface area contributed by atoms with Crippen molar-refractivity contribution in [3.05, 3.63) is 57.8 Å². The summed E-state index contributed by atoms with van der Waals surface area (Å²) in [6.07, 6.45) is 0.654. The molecule has 0 unspecified atom stereocenters. The summed E-state index contributed by atoms with van der Waals surface area (Å²) in [5.41, 5.74) is 0.181. The normalized spacial score (nSPS) is 11.2. The number of rotatable bonds is 4. The highest BCUT2D eigenvalue weighted by Gasteiger charge is 2.11. The number of aromatic nitrogens is 4. The van der Waals surface area contributed by atoms with Crippen LogP contribution in [0.15, 0.2) is 34.0 Å². The molecule has 2 aromatic heterocycles. The Morgan fingerprint density at radius 1 is 1.32 bits per heavy atom. The Morgan fingerprint density at radius 3 is 2.91 bits per heavy atom. The van der Waals surface area contributed by atoms with Crippen molar-refractivity contribution in [3.8, 4) is 0 Å². The van der Waals surface area contributed by atoms with Gasteiger partial charge in [0, 0.05) is 23.1 Å². The van der Waals surface area contributed by atoms with Crippen molar-refractivity contribution in [1.29, 1.82) is 0 Å². The minimum Gasteiger partial charge on any atom is -0.275 e. The maximum atomic E-state index is 13.6. The van der Waals surface area contributed by atoms with Crippen molar-refractivity contribution in [2.75, 3.05) is 0 Å². The van der Waals surface area contributed by atoms with E-state index in [0.717, 1.165) is 17.8 Å². The monoisotopic (exact) mass is 322 g/mol. The van der Waals surface area contributed by atoms with Crippen LogP contribution in [0.25, 0.3) is 5.78 Å². The molecule has 0 spiro atoms. The smallest absolute Gasteiger partial charge is 0.274 e. The van der Waals surface area contributed by atoms with Crippen LogP contribution in [0.3, 0.4) is 0 Å². The van der Waals surface area contributed by atoms with Crippen LogP contribution >= 0.6 is 11.8 Å². The van der Waals surface area contributed by atoms with E-state index in [9.17, 15) is 13.6 Å². The molecule has 0 bridgehead atoms. The molecule has 0 aliphatic heterocycles. The molecule has 3 rings (SSSR count). The van der Waals surface area contributed by atoms with Crippen molar-refractivity contribution >= 4 is 17.5 Å². The van der Waals surface area contributed by atoms with Gasteiger partial charge in [0.05, 0.1) is 5.69 Å². The van der Waals surface area contributed by atoms with Crippen LogP contribution < -0.4 is 5.56 Å². The predicted molar refractivity (Wildman–Crippen MR) is 78.9 cm³/mol. The summed E-state index contributed by atoms with van der Waals surface area (Å²) in [5, 5.41) is 2.85. The molecule has 0 amide bonds. The fraction of sp³-hybridized carbons (Fsp3) is 0.214. The van der Waals surface area contributed by atoms with Crippen molar-refractivity contribution in [2.45, 2.75) is 24.0 Å². The fourth-order valence-corrected chi connectivity index (χ4v) is 2.80. The van der Waals surface area contributed by atoms with Gasteiger partial charge in [0.25, 0.3) is 11.3 Å². The van der Waals surface area contributed by atoms with Crippen molar-refractivity contribution in [2.24, 2.45) is 0 Å². The first kappa shape index (κ1) is 14.7. The molecular formula is C14H12F2N4OS. The molecule has 0 atom stereocenters. The molecule has 1 aromatic carbocycles. The van der Waals surface area contributed by atoms with E-state index in [1.54, 1.807) is 0 Å². The second-order valence-electron chi connectivity index (χ2n) is 4.59. The number of fused-ring (bicyclic) bond motifs is 1. The van der Waals surface area contributed by atoms with Gasteiger partial charge in [0.15, 0.2) is 11.6 Å². The third kappa shape index (κ3) is 2.74. The van der Waals surface area contributed by atoms with E-state index < -0.39 is 11.6 Å². The highest BCUT2D eigenvalue weighted by Crippen LogP contribution is 2.25. The SMILES string of the molecule is CCc1nc2nc(CSc3cccc(F)c3F)cc(=O)n2[nH]1. The van der Waals surface area contributed by atoms with Gasteiger partial charge in [0.2, 0.25) is 0 Å². The van der Waals surface area contributed by atoms with Crippen LogP contribution in [-0.4, -0.2) is 19.6 Å². The number of nitrogens with zero attached hydrogens (tertiary/aromatic N) is 3. The average Bonchev–Trinajstić information content (AvgIpc) is 2.92. The lowest BCUT2D eigenvalue weighted by Gasteiger charge is -2.03. The van der Waals surface area contributed by atoms with Crippen LogP contribution in [0.2, 0.25) is 0 Å². The van der Waals surface area contributed by atoms with E-state index in [1.165, 1.54) is 22.7 Å². The van der Waals surface area contributed by atoms with Gasteiger partial charge < -0.3 is 0 Å². The molecule has 0 aliphatic carbocycles. The Hall–Kier alpha value is -2.22. The molecule has 2 heterocycles. The zero-order valence-electron chi connectivity index (χ0n) is 11.6. The Balaban J connectivity index is 1.88. The second kappa shape index (κ2) is 5.88.